The number of halogens is 1. The number of hydrogen-bond donors (Lipinski definition) is 2. The Morgan fingerprint density at radius 1 is 1.39 bits per heavy atom. The molecule has 1 amide bonds. The first-order valence-corrected chi connectivity index (χ1v) is 5.61. The third-order valence-corrected chi connectivity index (χ3v) is 2.72. The molecular formula is C12H15ClN2O3. The Morgan fingerprint density at radius 3 is 2.50 bits per heavy atom. The molecule has 5 nitrogen and oxygen atoms in total. The van der Waals surface area contributed by atoms with Crippen molar-refractivity contribution in [2.45, 2.75) is 19.4 Å². The van der Waals surface area contributed by atoms with Gasteiger partial charge in [-0.3, -0.25) is 4.79 Å². The molecule has 0 spiro atoms. The van der Waals surface area contributed by atoms with E-state index in [9.17, 15) is 9.59 Å². The number of carbonyl (C=O) groups excluding carboxylic acids is 2. The molecule has 0 saturated heterocycles. The number of rotatable bonds is 3. The van der Waals surface area contributed by atoms with Crippen LogP contribution in [0.2, 0.25) is 5.02 Å². The summed E-state index contributed by atoms with van der Waals surface area (Å²) >= 11 is 5.76. The van der Waals surface area contributed by atoms with Gasteiger partial charge in [0.2, 0.25) is 0 Å². The molecule has 0 heterocycles. The fraction of sp³-hybridized carbons (Fsp3) is 0.333. The van der Waals surface area contributed by atoms with Crippen LogP contribution in [0.15, 0.2) is 18.2 Å². The normalized spacial score (nSPS) is 10.9. The highest BCUT2D eigenvalue weighted by Crippen LogP contribution is 2.19. The van der Waals surface area contributed by atoms with E-state index in [0.717, 1.165) is 0 Å². The van der Waals surface area contributed by atoms with Crippen molar-refractivity contribution in [1.29, 1.82) is 0 Å². The highest BCUT2D eigenvalue weighted by Gasteiger charge is 2.30. The molecule has 0 bridgehead atoms. The van der Waals surface area contributed by atoms with Crippen LogP contribution in [-0.2, 0) is 9.53 Å². The van der Waals surface area contributed by atoms with Crippen molar-refractivity contribution >= 4 is 29.2 Å². The maximum atomic E-state index is 11.9. The number of methoxy groups -OCH3 is 1. The van der Waals surface area contributed by atoms with Gasteiger partial charge in [-0.1, -0.05) is 11.6 Å². The second-order valence-corrected chi connectivity index (χ2v) is 4.71. The Kier molecular flexibility index (Phi) is 4.19. The van der Waals surface area contributed by atoms with Crippen LogP contribution in [0.4, 0.5) is 5.69 Å². The maximum absolute atomic E-state index is 11.9. The number of nitrogen functional groups attached to an aromatic ring is 1. The molecule has 0 aromatic heterocycles. The van der Waals surface area contributed by atoms with Crippen LogP contribution in [0.5, 0.6) is 0 Å². The van der Waals surface area contributed by atoms with Gasteiger partial charge in [-0.15, -0.1) is 0 Å². The second kappa shape index (κ2) is 5.27. The minimum absolute atomic E-state index is 0.306. The molecule has 0 radical (unpaired) electrons. The van der Waals surface area contributed by atoms with E-state index in [2.05, 4.69) is 10.1 Å². The summed E-state index contributed by atoms with van der Waals surface area (Å²) in [4.78, 5) is 23.4. The summed E-state index contributed by atoms with van der Waals surface area (Å²) in [5.74, 6) is -0.952. The van der Waals surface area contributed by atoms with E-state index in [1.807, 2.05) is 0 Å². The van der Waals surface area contributed by atoms with Crippen molar-refractivity contribution in [3.8, 4) is 0 Å². The van der Waals surface area contributed by atoms with Crippen LogP contribution in [0.1, 0.15) is 24.2 Å². The zero-order chi connectivity index (χ0) is 13.9. The molecule has 0 atom stereocenters. The number of ether oxygens (including phenoxy) is 1. The zero-order valence-electron chi connectivity index (χ0n) is 10.4. The van der Waals surface area contributed by atoms with Gasteiger partial charge in [0.15, 0.2) is 0 Å². The molecule has 18 heavy (non-hydrogen) atoms. The number of nitrogens with one attached hydrogen (secondary N) is 1. The molecule has 0 unspecified atom stereocenters. The van der Waals surface area contributed by atoms with Gasteiger partial charge >= 0.3 is 5.97 Å². The Labute approximate surface area is 110 Å². The molecule has 98 valence electrons. The summed E-state index contributed by atoms with van der Waals surface area (Å²) in [5.41, 5.74) is 5.13. The van der Waals surface area contributed by atoms with E-state index >= 15 is 0 Å². The molecule has 0 aliphatic heterocycles. The lowest BCUT2D eigenvalue weighted by Gasteiger charge is -2.23. The highest BCUT2D eigenvalue weighted by molar-refractivity contribution is 6.33. The monoisotopic (exact) mass is 270 g/mol. The molecular weight excluding hydrogens is 256 g/mol. The van der Waals surface area contributed by atoms with E-state index in [1.54, 1.807) is 13.8 Å². The van der Waals surface area contributed by atoms with Crippen LogP contribution in [0, 0.1) is 0 Å². The van der Waals surface area contributed by atoms with Crippen molar-refractivity contribution in [3.05, 3.63) is 28.8 Å². The summed E-state index contributed by atoms with van der Waals surface area (Å²) in [6.45, 7) is 3.10. The summed E-state index contributed by atoms with van der Waals surface area (Å²) in [6.07, 6.45) is 0. The van der Waals surface area contributed by atoms with Crippen LogP contribution in [0.3, 0.4) is 0 Å². The number of benzene rings is 1. The molecule has 1 rings (SSSR count). The van der Waals surface area contributed by atoms with E-state index in [1.165, 1.54) is 25.3 Å². The van der Waals surface area contributed by atoms with Crippen molar-refractivity contribution in [3.63, 3.8) is 0 Å². The smallest absolute Gasteiger partial charge is 0.330 e. The average molecular weight is 271 g/mol. The Balaban J connectivity index is 2.89. The van der Waals surface area contributed by atoms with Gasteiger partial charge in [-0.05, 0) is 32.0 Å². The first-order chi connectivity index (χ1) is 8.27. The summed E-state index contributed by atoms with van der Waals surface area (Å²) in [6, 6.07) is 4.50. The van der Waals surface area contributed by atoms with Gasteiger partial charge in [-0.2, -0.15) is 0 Å². The van der Waals surface area contributed by atoms with Crippen LogP contribution >= 0.6 is 11.6 Å². The minimum atomic E-state index is -1.11. The largest absolute Gasteiger partial charge is 0.467 e. The van der Waals surface area contributed by atoms with E-state index in [0.29, 0.717) is 16.3 Å². The lowest BCUT2D eigenvalue weighted by atomic mass is 10.0. The van der Waals surface area contributed by atoms with Gasteiger partial charge < -0.3 is 15.8 Å². The molecule has 6 heteroatoms. The van der Waals surface area contributed by atoms with Crippen LogP contribution in [0.25, 0.3) is 0 Å². The molecule has 3 N–H and O–H groups in total. The number of hydrogen-bond acceptors (Lipinski definition) is 4. The Bertz CT molecular complexity index is 486. The molecule has 0 aliphatic carbocycles. The number of anilines is 1. The van der Waals surface area contributed by atoms with E-state index in [-0.39, 0.29) is 0 Å². The lowest BCUT2D eigenvalue weighted by molar-refractivity contribution is -0.146. The number of amides is 1. The van der Waals surface area contributed by atoms with Crippen LogP contribution < -0.4 is 11.1 Å². The highest BCUT2D eigenvalue weighted by atomic mass is 35.5. The molecule has 1 aromatic rings. The fourth-order valence-electron chi connectivity index (χ4n) is 1.35. The van der Waals surface area contributed by atoms with Gasteiger partial charge in [-0.25, -0.2) is 4.79 Å². The third-order valence-electron chi connectivity index (χ3n) is 2.38. The van der Waals surface area contributed by atoms with Gasteiger partial charge in [0.25, 0.3) is 5.91 Å². The number of carbonyl (C=O) groups is 2. The predicted molar refractivity (Wildman–Crippen MR) is 69.4 cm³/mol. The molecule has 0 fully saturated rings. The summed E-state index contributed by atoms with van der Waals surface area (Å²) < 4.78 is 4.60. The minimum Gasteiger partial charge on any atom is -0.467 e. The zero-order valence-corrected chi connectivity index (χ0v) is 11.2. The maximum Gasteiger partial charge on any atom is 0.330 e. The van der Waals surface area contributed by atoms with Crippen molar-refractivity contribution in [1.82, 2.24) is 5.32 Å². The average Bonchev–Trinajstić information content (AvgIpc) is 2.30. The van der Waals surface area contributed by atoms with Crippen molar-refractivity contribution in [2.24, 2.45) is 0 Å². The van der Waals surface area contributed by atoms with E-state index < -0.39 is 17.4 Å². The summed E-state index contributed by atoms with van der Waals surface area (Å²) in [5, 5.41) is 2.93. The quantitative estimate of drug-likeness (QED) is 0.646. The molecule has 1 aromatic carbocycles. The predicted octanol–water partition coefficient (Wildman–Crippen LogP) is 1.60. The first-order valence-electron chi connectivity index (χ1n) is 5.24. The molecule has 0 saturated carbocycles. The fourth-order valence-corrected chi connectivity index (χ4v) is 1.46. The summed E-state index contributed by atoms with van der Waals surface area (Å²) in [7, 11) is 1.26. The standard InChI is InChI=1S/C12H15ClN2O3/c1-12(2,11(17)18-3)15-10(16)7-4-5-8(13)9(14)6-7/h4-6H,14H2,1-3H3,(H,15,16). The Morgan fingerprint density at radius 2 is 2.00 bits per heavy atom. The van der Waals surface area contributed by atoms with Crippen molar-refractivity contribution < 1.29 is 14.3 Å². The second-order valence-electron chi connectivity index (χ2n) is 4.31. The Hall–Kier alpha value is -1.75. The number of esters is 1. The van der Waals surface area contributed by atoms with Gasteiger partial charge in [0, 0.05) is 5.56 Å². The first kappa shape index (κ1) is 14.3. The van der Waals surface area contributed by atoms with Crippen molar-refractivity contribution in [2.75, 3.05) is 12.8 Å². The number of nitrogens with two attached hydrogens (primary N) is 1. The van der Waals surface area contributed by atoms with Gasteiger partial charge in [0.1, 0.15) is 5.54 Å². The lowest BCUT2D eigenvalue weighted by Crippen LogP contribution is -2.50. The van der Waals surface area contributed by atoms with E-state index in [4.69, 9.17) is 17.3 Å². The topological polar surface area (TPSA) is 81.4 Å². The third kappa shape index (κ3) is 3.13. The molecule has 0 aliphatic rings. The SMILES string of the molecule is COC(=O)C(C)(C)NC(=O)c1ccc(Cl)c(N)c1. The van der Waals surface area contributed by atoms with Gasteiger partial charge in [0.05, 0.1) is 17.8 Å². The van der Waals surface area contributed by atoms with Crippen LogP contribution in [-0.4, -0.2) is 24.5 Å².